The average molecular weight is 254 g/mol. The average Bonchev–Trinajstić information content (AvgIpc) is 2.31. The molecule has 7 heteroatoms. The molecule has 0 fully saturated rings. The molecule has 2 aromatic rings. The van der Waals surface area contributed by atoms with Crippen LogP contribution in [0.1, 0.15) is 5.82 Å². The fourth-order valence-electron chi connectivity index (χ4n) is 1.22. The van der Waals surface area contributed by atoms with Gasteiger partial charge in [0, 0.05) is 5.69 Å². The summed E-state index contributed by atoms with van der Waals surface area (Å²) >= 11 is 5.61. The number of hydrogen-bond donors (Lipinski definition) is 2. The molecule has 0 aliphatic rings. The number of hydrogen-bond acceptors (Lipinski definition) is 5. The van der Waals surface area contributed by atoms with Crippen molar-refractivity contribution in [3.8, 4) is 0 Å². The van der Waals surface area contributed by atoms with Crippen molar-refractivity contribution in [3.63, 3.8) is 0 Å². The van der Waals surface area contributed by atoms with E-state index in [-0.39, 0.29) is 23.6 Å². The minimum absolute atomic E-state index is 0.0836. The lowest BCUT2D eigenvalue weighted by Gasteiger charge is -2.05. The number of aromatic nitrogens is 3. The third-order valence-corrected chi connectivity index (χ3v) is 2.16. The minimum atomic E-state index is -0.313. The van der Waals surface area contributed by atoms with Gasteiger partial charge in [0.1, 0.15) is 5.82 Å². The molecule has 17 heavy (non-hydrogen) atoms. The fraction of sp³-hybridized carbons (Fsp3) is 0.100. The number of nitrogen functional groups attached to an aromatic ring is 1. The van der Waals surface area contributed by atoms with Gasteiger partial charge in [0.15, 0.2) is 5.82 Å². The first-order valence-corrected chi connectivity index (χ1v) is 5.30. The minimum Gasteiger partial charge on any atom is -0.368 e. The molecule has 1 heterocycles. The molecule has 0 saturated heterocycles. The largest absolute Gasteiger partial charge is 0.368 e. The molecule has 0 spiro atoms. The van der Waals surface area contributed by atoms with Gasteiger partial charge in [-0.25, -0.2) is 4.39 Å². The highest BCUT2D eigenvalue weighted by Gasteiger charge is 2.03. The van der Waals surface area contributed by atoms with Crippen LogP contribution >= 0.6 is 11.6 Å². The van der Waals surface area contributed by atoms with Gasteiger partial charge < -0.3 is 11.1 Å². The van der Waals surface area contributed by atoms with E-state index >= 15 is 0 Å². The van der Waals surface area contributed by atoms with Crippen molar-refractivity contribution in [3.05, 3.63) is 35.9 Å². The number of rotatable bonds is 3. The van der Waals surface area contributed by atoms with Crippen molar-refractivity contribution >= 4 is 29.2 Å². The van der Waals surface area contributed by atoms with Gasteiger partial charge in [-0.15, -0.1) is 11.6 Å². The topological polar surface area (TPSA) is 76.7 Å². The lowest BCUT2D eigenvalue weighted by molar-refractivity contribution is 0.628. The fourth-order valence-corrected chi connectivity index (χ4v) is 1.34. The van der Waals surface area contributed by atoms with Crippen LogP contribution in [-0.4, -0.2) is 15.0 Å². The zero-order valence-electron chi connectivity index (χ0n) is 8.69. The Morgan fingerprint density at radius 3 is 2.53 bits per heavy atom. The van der Waals surface area contributed by atoms with Gasteiger partial charge >= 0.3 is 0 Å². The second-order valence-corrected chi connectivity index (χ2v) is 3.47. The van der Waals surface area contributed by atoms with Gasteiger partial charge in [0.05, 0.1) is 5.88 Å². The molecule has 5 nitrogen and oxygen atoms in total. The molecular weight excluding hydrogens is 245 g/mol. The number of nitrogens with one attached hydrogen (secondary N) is 1. The molecule has 88 valence electrons. The summed E-state index contributed by atoms with van der Waals surface area (Å²) in [5.41, 5.74) is 6.14. The standard InChI is InChI=1S/C10H9ClFN5/c11-5-8-15-9(13)17-10(16-8)14-7-3-1-6(12)2-4-7/h1-4H,5H2,(H3,13,14,15,16,17). The molecule has 0 aliphatic carbocycles. The molecule has 0 unspecified atom stereocenters. The highest BCUT2D eigenvalue weighted by molar-refractivity contribution is 6.16. The number of alkyl halides is 1. The summed E-state index contributed by atoms with van der Waals surface area (Å²) in [4.78, 5) is 11.8. The van der Waals surface area contributed by atoms with E-state index in [0.29, 0.717) is 11.5 Å². The maximum atomic E-state index is 12.7. The second kappa shape index (κ2) is 4.92. The van der Waals surface area contributed by atoms with Gasteiger partial charge in [0.25, 0.3) is 0 Å². The van der Waals surface area contributed by atoms with E-state index in [0.717, 1.165) is 0 Å². The third-order valence-electron chi connectivity index (χ3n) is 1.92. The van der Waals surface area contributed by atoms with E-state index in [1.807, 2.05) is 0 Å². The molecule has 0 aliphatic heterocycles. The van der Waals surface area contributed by atoms with Gasteiger partial charge in [-0.05, 0) is 24.3 Å². The van der Waals surface area contributed by atoms with Crippen LogP contribution in [-0.2, 0) is 5.88 Å². The van der Waals surface area contributed by atoms with E-state index in [1.165, 1.54) is 12.1 Å². The van der Waals surface area contributed by atoms with E-state index in [1.54, 1.807) is 12.1 Å². The number of nitrogens with zero attached hydrogens (tertiary/aromatic N) is 3. The van der Waals surface area contributed by atoms with Crippen molar-refractivity contribution in [1.82, 2.24) is 15.0 Å². The first-order valence-electron chi connectivity index (χ1n) is 4.76. The first-order chi connectivity index (χ1) is 8.17. The number of halogens is 2. The summed E-state index contributed by atoms with van der Waals surface area (Å²) in [6.07, 6.45) is 0. The van der Waals surface area contributed by atoms with Crippen LogP contribution in [0.5, 0.6) is 0 Å². The third kappa shape index (κ3) is 3.01. The summed E-state index contributed by atoms with van der Waals surface area (Å²) < 4.78 is 12.7. The number of nitrogens with two attached hydrogens (primary N) is 1. The van der Waals surface area contributed by atoms with Crippen LogP contribution < -0.4 is 11.1 Å². The van der Waals surface area contributed by atoms with Crippen molar-refractivity contribution in [2.45, 2.75) is 5.88 Å². The maximum Gasteiger partial charge on any atom is 0.232 e. The van der Waals surface area contributed by atoms with E-state index in [9.17, 15) is 4.39 Å². The van der Waals surface area contributed by atoms with Gasteiger partial charge in [-0.3, -0.25) is 0 Å². The Bertz CT molecular complexity index is 517. The Balaban J connectivity index is 2.23. The Morgan fingerprint density at radius 2 is 1.88 bits per heavy atom. The molecule has 1 aromatic carbocycles. The Kier molecular flexibility index (Phi) is 3.34. The molecule has 2 rings (SSSR count). The maximum absolute atomic E-state index is 12.7. The van der Waals surface area contributed by atoms with Crippen LogP contribution in [0.4, 0.5) is 22.0 Å². The van der Waals surface area contributed by atoms with Crippen molar-refractivity contribution in [1.29, 1.82) is 0 Å². The molecule has 1 aromatic heterocycles. The Morgan fingerprint density at radius 1 is 1.18 bits per heavy atom. The molecule has 3 N–H and O–H groups in total. The smallest absolute Gasteiger partial charge is 0.232 e. The van der Waals surface area contributed by atoms with Crippen LogP contribution in [0.15, 0.2) is 24.3 Å². The SMILES string of the molecule is Nc1nc(CCl)nc(Nc2ccc(F)cc2)n1. The summed E-state index contributed by atoms with van der Waals surface area (Å²) in [7, 11) is 0. The van der Waals surface area contributed by atoms with E-state index in [2.05, 4.69) is 20.3 Å². The normalized spacial score (nSPS) is 10.2. The van der Waals surface area contributed by atoms with Gasteiger partial charge in [0.2, 0.25) is 11.9 Å². The van der Waals surface area contributed by atoms with Crippen LogP contribution in [0, 0.1) is 5.82 Å². The predicted molar refractivity (Wildman–Crippen MR) is 63.5 cm³/mol. The zero-order valence-corrected chi connectivity index (χ0v) is 9.45. The molecule has 0 bridgehead atoms. The summed E-state index contributed by atoms with van der Waals surface area (Å²) in [6.45, 7) is 0. The highest BCUT2D eigenvalue weighted by atomic mass is 35.5. The first kappa shape index (κ1) is 11.5. The van der Waals surface area contributed by atoms with Crippen molar-refractivity contribution in [2.75, 3.05) is 11.1 Å². The Labute approximate surface area is 102 Å². The van der Waals surface area contributed by atoms with Crippen molar-refractivity contribution in [2.24, 2.45) is 0 Å². The highest BCUT2D eigenvalue weighted by Crippen LogP contribution is 2.14. The lowest BCUT2D eigenvalue weighted by atomic mass is 10.3. The molecule has 0 atom stereocenters. The molecule has 0 amide bonds. The Hall–Kier alpha value is -1.95. The molecule has 0 radical (unpaired) electrons. The number of anilines is 3. The molecular formula is C10H9ClFN5. The van der Waals surface area contributed by atoms with E-state index in [4.69, 9.17) is 17.3 Å². The number of benzene rings is 1. The predicted octanol–water partition coefficient (Wildman–Crippen LogP) is 2.08. The van der Waals surface area contributed by atoms with Gasteiger partial charge in [-0.2, -0.15) is 15.0 Å². The quantitative estimate of drug-likeness (QED) is 0.819. The van der Waals surface area contributed by atoms with Crippen LogP contribution in [0.2, 0.25) is 0 Å². The summed E-state index contributed by atoms with van der Waals surface area (Å²) in [5, 5.41) is 2.88. The van der Waals surface area contributed by atoms with E-state index < -0.39 is 0 Å². The molecule has 0 saturated carbocycles. The monoisotopic (exact) mass is 253 g/mol. The van der Waals surface area contributed by atoms with Crippen LogP contribution in [0.25, 0.3) is 0 Å². The lowest BCUT2D eigenvalue weighted by Crippen LogP contribution is -2.06. The van der Waals surface area contributed by atoms with Crippen molar-refractivity contribution < 1.29 is 4.39 Å². The second-order valence-electron chi connectivity index (χ2n) is 3.20. The summed E-state index contributed by atoms with van der Waals surface area (Å²) in [5.74, 6) is 0.570. The van der Waals surface area contributed by atoms with Crippen LogP contribution in [0.3, 0.4) is 0 Å². The summed E-state index contributed by atoms with van der Waals surface area (Å²) in [6, 6.07) is 5.79. The zero-order chi connectivity index (χ0) is 12.3. The van der Waals surface area contributed by atoms with Gasteiger partial charge in [-0.1, -0.05) is 0 Å².